The highest BCUT2D eigenvalue weighted by molar-refractivity contribution is 6.30. The van der Waals surface area contributed by atoms with E-state index in [9.17, 15) is 4.79 Å². The lowest BCUT2D eigenvalue weighted by molar-refractivity contribution is -0.123. The molecule has 5 heteroatoms. The van der Waals surface area contributed by atoms with Crippen LogP contribution in [0.4, 0.5) is 0 Å². The molecule has 0 aliphatic heterocycles. The molecule has 0 aromatic heterocycles. The first-order valence-electron chi connectivity index (χ1n) is 8.07. The topological polar surface area (TPSA) is 50.7 Å². The van der Waals surface area contributed by atoms with Gasteiger partial charge in [-0.15, -0.1) is 0 Å². The molecule has 0 spiro atoms. The first-order chi connectivity index (χ1) is 11.8. The Morgan fingerprint density at radius 1 is 1.20 bits per heavy atom. The first-order valence-corrected chi connectivity index (χ1v) is 8.45. The molecule has 2 rings (SSSR count). The molecule has 4 nitrogen and oxygen atoms in total. The zero-order valence-electron chi connectivity index (χ0n) is 15.0. The molecule has 0 aliphatic rings. The number of benzene rings is 2. The van der Waals surface area contributed by atoms with Crippen LogP contribution in [0.15, 0.2) is 47.6 Å². The number of ether oxygens (including phenoxy) is 1. The van der Waals surface area contributed by atoms with Crippen molar-refractivity contribution in [2.75, 3.05) is 6.61 Å². The summed E-state index contributed by atoms with van der Waals surface area (Å²) in [5.74, 6) is 0.413. The molecule has 0 heterocycles. The van der Waals surface area contributed by atoms with Crippen LogP contribution in [0.2, 0.25) is 5.02 Å². The maximum absolute atomic E-state index is 11.9. The van der Waals surface area contributed by atoms with E-state index in [4.69, 9.17) is 16.3 Å². The summed E-state index contributed by atoms with van der Waals surface area (Å²) in [6, 6.07) is 13.2. The molecule has 2 aromatic carbocycles. The van der Waals surface area contributed by atoms with Crippen molar-refractivity contribution in [3.63, 3.8) is 0 Å². The van der Waals surface area contributed by atoms with E-state index >= 15 is 0 Å². The van der Waals surface area contributed by atoms with Crippen LogP contribution in [-0.2, 0) is 10.2 Å². The lowest BCUT2D eigenvalue weighted by atomic mass is 9.86. The number of carbonyl (C=O) groups excluding carboxylic acids is 1. The normalized spacial score (nSPS) is 11.6. The number of hydrazone groups is 1. The summed E-state index contributed by atoms with van der Waals surface area (Å²) >= 11 is 5.82. The van der Waals surface area contributed by atoms with Gasteiger partial charge < -0.3 is 4.74 Å². The van der Waals surface area contributed by atoms with Crippen LogP contribution in [-0.4, -0.2) is 18.7 Å². The minimum atomic E-state index is -0.313. The van der Waals surface area contributed by atoms with Crippen molar-refractivity contribution in [3.8, 4) is 5.75 Å². The van der Waals surface area contributed by atoms with E-state index in [2.05, 4.69) is 31.3 Å². The Labute approximate surface area is 153 Å². The minimum absolute atomic E-state index is 0.0632. The summed E-state index contributed by atoms with van der Waals surface area (Å²) in [6.45, 7) is 8.24. The second-order valence-corrected chi connectivity index (χ2v) is 7.32. The molecule has 25 heavy (non-hydrogen) atoms. The third kappa shape index (κ3) is 5.91. The molecule has 0 bridgehead atoms. The highest BCUT2D eigenvalue weighted by atomic mass is 35.5. The van der Waals surface area contributed by atoms with Crippen molar-refractivity contribution in [2.45, 2.75) is 33.1 Å². The Bertz CT molecular complexity index is 762. The van der Waals surface area contributed by atoms with Gasteiger partial charge in [0, 0.05) is 5.02 Å². The molecule has 0 atom stereocenters. The van der Waals surface area contributed by atoms with Gasteiger partial charge in [-0.3, -0.25) is 4.79 Å². The van der Waals surface area contributed by atoms with E-state index in [0.717, 1.165) is 22.4 Å². The van der Waals surface area contributed by atoms with Crippen LogP contribution < -0.4 is 10.2 Å². The summed E-state index contributed by atoms with van der Waals surface area (Å²) in [7, 11) is 0. The average Bonchev–Trinajstić information content (AvgIpc) is 2.54. The third-order valence-corrected chi connectivity index (χ3v) is 3.83. The SMILES string of the molecule is Cc1ccc(C(C)(C)C)c(OCC(=O)NN=Cc2ccc(Cl)cc2)c1. The van der Waals surface area contributed by atoms with Gasteiger partial charge in [-0.2, -0.15) is 5.10 Å². The van der Waals surface area contributed by atoms with Gasteiger partial charge in [-0.1, -0.05) is 56.6 Å². The van der Waals surface area contributed by atoms with Gasteiger partial charge in [0.1, 0.15) is 5.75 Å². The minimum Gasteiger partial charge on any atom is -0.483 e. The Balaban J connectivity index is 1.94. The molecule has 0 saturated heterocycles. The third-order valence-electron chi connectivity index (χ3n) is 3.58. The first kappa shape index (κ1) is 19.0. The van der Waals surface area contributed by atoms with Crippen molar-refractivity contribution in [1.29, 1.82) is 0 Å². The van der Waals surface area contributed by atoms with E-state index in [0.29, 0.717) is 5.02 Å². The zero-order valence-corrected chi connectivity index (χ0v) is 15.7. The molecule has 0 fully saturated rings. The van der Waals surface area contributed by atoms with Gasteiger partial charge in [0.05, 0.1) is 6.21 Å². The summed E-state index contributed by atoms with van der Waals surface area (Å²) in [5.41, 5.74) is 5.40. The van der Waals surface area contributed by atoms with Gasteiger partial charge in [-0.05, 0) is 47.2 Å². The number of hydrogen-bond acceptors (Lipinski definition) is 3. The Kier molecular flexibility index (Phi) is 6.21. The summed E-state index contributed by atoms with van der Waals surface area (Å²) in [4.78, 5) is 11.9. The smallest absolute Gasteiger partial charge is 0.277 e. The van der Waals surface area contributed by atoms with Crippen LogP contribution in [0.25, 0.3) is 0 Å². The maximum atomic E-state index is 11.9. The molecule has 132 valence electrons. The van der Waals surface area contributed by atoms with Gasteiger partial charge in [-0.25, -0.2) is 5.43 Å². The number of amides is 1. The van der Waals surface area contributed by atoms with E-state index in [1.807, 2.05) is 37.3 Å². The van der Waals surface area contributed by atoms with Crippen molar-refractivity contribution in [3.05, 3.63) is 64.2 Å². The van der Waals surface area contributed by atoms with Crippen molar-refractivity contribution in [1.82, 2.24) is 5.43 Å². The number of carbonyl (C=O) groups is 1. The lowest BCUT2D eigenvalue weighted by Crippen LogP contribution is -2.25. The molecule has 0 unspecified atom stereocenters. The van der Waals surface area contributed by atoms with Crippen molar-refractivity contribution >= 4 is 23.7 Å². The maximum Gasteiger partial charge on any atom is 0.277 e. The molecule has 1 N–H and O–H groups in total. The molecule has 0 radical (unpaired) electrons. The van der Waals surface area contributed by atoms with E-state index < -0.39 is 0 Å². The Hall–Kier alpha value is -2.33. The summed E-state index contributed by atoms with van der Waals surface area (Å²) in [6.07, 6.45) is 1.56. The number of rotatable bonds is 5. The number of nitrogens with one attached hydrogen (secondary N) is 1. The van der Waals surface area contributed by atoms with Crippen LogP contribution in [0, 0.1) is 6.92 Å². The van der Waals surface area contributed by atoms with E-state index in [1.54, 1.807) is 18.3 Å². The Morgan fingerprint density at radius 2 is 1.88 bits per heavy atom. The highest BCUT2D eigenvalue weighted by Crippen LogP contribution is 2.31. The number of hydrogen-bond donors (Lipinski definition) is 1. The van der Waals surface area contributed by atoms with Crippen LogP contribution >= 0.6 is 11.6 Å². The van der Waals surface area contributed by atoms with Crippen LogP contribution in [0.1, 0.15) is 37.5 Å². The van der Waals surface area contributed by atoms with Crippen molar-refractivity contribution in [2.24, 2.45) is 5.10 Å². The second kappa shape index (κ2) is 8.17. The fourth-order valence-electron chi connectivity index (χ4n) is 2.27. The van der Waals surface area contributed by atoms with Crippen LogP contribution in [0.3, 0.4) is 0 Å². The fourth-order valence-corrected chi connectivity index (χ4v) is 2.40. The quantitative estimate of drug-likeness (QED) is 0.633. The highest BCUT2D eigenvalue weighted by Gasteiger charge is 2.19. The molecular formula is C20H23ClN2O2. The predicted molar refractivity (Wildman–Crippen MR) is 103 cm³/mol. The number of aryl methyl sites for hydroxylation is 1. The van der Waals surface area contributed by atoms with E-state index in [-0.39, 0.29) is 17.9 Å². The van der Waals surface area contributed by atoms with Crippen LogP contribution in [0.5, 0.6) is 5.75 Å². The molecule has 1 amide bonds. The monoisotopic (exact) mass is 358 g/mol. The van der Waals surface area contributed by atoms with E-state index in [1.165, 1.54) is 0 Å². The number of halogens is 1. The molecule has 2 aromatic rings. The lowest BCUT2D eigenvalue weighted by Gasteiger charge is -2.23. The molecular weight excluding hydrogens is 336 g/mol. The van der Waals surface area contributed by atoms with Gasteiger partial charge in [0.15, 0.2) is 6.61 Å². The standard InChI is InChI=1S/C20H23ClN2O2/c1-14-5-10-17(20(2,3)4)18(11-14)25-13-19(24)23-22-12-15-6-8-16(21)9-7-15/h5-12H,13H2,1-4H3,(H,23,24). The Morgan fingerprint density at radius 3 is 2.52 bits per heavy atom. The summed E-state index contributed by atoms with van der Waals surface area (Å²) < 4.78 is 5.72. The molecule has 0 aliphatic carbocycles. The van der Waals surface area contributed by atoms with Gasteiger partial charge in [0.25, 0.3) is 5.91 Å². The average molecular weight is 359 g/mol. The second-order valence-electron chi connectivity index (χ2n) is 6.88. The van der Waals surface area contributed by atoms with Gasteiger partial charge in [0.2, 0.25) is 0 Å². The largest absolute Gasteiger partial charge is 0.483 e. The fraction of sp³-hybridized carbons (Fsp3) is 0.300. The molecule has 0 saturated carbocycles. The van der Waals surface area contributed by atoms with Crippen molar-refractivity contribution < 1.29 is 9.53 Å². The summed E-state index contributed by atoms with van der Waals surface area (Å²) in [5, 5.41) is 4.58. The van der Waals surface area contributed by atoms with Gasteiger partial charge >= 0.3 is 0 Å². The number of nitrogens with zero attached hydrogens (tertiary/aromatic N) is 1. The zero-order chi connectivity index (χ0) is 18.4. The predicted octanol–water partition coefficient (Wildman–Crippen LogP) is 4.48.